The molecule has 1 aromatic heterocycles. The molecule has 1 fully saturated rings. The zero-order chi connectivity index (χ0) is 15.7. The summed E-state index contributed by atoms with van der Waals surface area (Å²) >= 11 is 0. The van der Waals surface area contributed by atoms with Crippen LogP contribution in [0.4, 0.5) is 24.5 Å². The predicted molar refractivity (Wildman–Crippen MR) is 68.0 cm³/mol. The smallest absolute Gasteiger partial charge is 0.376 e. The molecule has 1 unspecified atom stereocenters. The van der Waals surface area contributed by atoms with Crippen molar-refractivity contribution in [3.8, 4) is 0 Å². The fourth-order valence-corrected chi connectivity index (χ4v) is 2.15. The molecule has 9 heteroatoms. The van der Waals surface area contributed by atoms with E-state index < -0.39 is 28.1 Å². The molecular formula is C12H14F3N3O3. The van der Waals surface area contributed by atoms with Crippen molar-refractivity contribution in [3.05, 3.63) is 28.1 Å². The molecule has 0 spiro atoms. The van der Waals surface area contributed by atoms with Crippen molar-refractivity contribution >= 4 is 11.4 Å². The Morgan fingerprint density at radius 3 is 2.81 bits per heavy atom. The monoisotopic (exact) mass is 305 g/mol. The van der Waals surface area contributed by atoms with Crippen molar-refractivity contribution in [2.75, 3.05) is 18.5 Å². The highest BCUT2D eigenvalue weighted by atomic mass is 19.4. The summed E-state index contributed by atoms with van der Waals surface area (Å²) in [6.07, 6.45) is -2.45. The Bertz CT molecular complexity index is 542. The maximum Gasteiger partial charge on any atom is 0.433 e. The van der Waals surface area contributed by atoms with E-state index in [4.69, 9.17) is 4.74 Å². The van der Waals surface area contributed by atoms with Crippen LogP contribution in [0.1, 0.15) is 25.5 Å². The van der Waals surface area contributed by atoms with Gasteiger partial charge in [0.2, 0.25) is 0 Å². The van der Waals surface area contributed by atoms with Crippen molar-refractivity contribution in [2.24, 2.45) is 0 Å². The molecule has 0 saturated carbocycles. The second-order valence-electron chi connectivity index (χ2n) is 5.10. The van der Waals surface area contributed by atoms with Crippen LogP contribution in [0, 0.1) is 10.1 Å². The molecule has 1 N–H and O–H groups in total. The molecular weight excluding hydrogens is 291 g/mol. The standard InChI is InChI=1S/C12H14F3N3O3/c1-11(3-2-4-21-11)7-17-8-5-10(12(13,14)15)16-6-9(8)18(19)20/h5-6H,2-4,7H2,1H3,(H,16,17). The first-order valence-electron chi connectivity index (χ1n) is 6.31. The Labute approximate surface area is 118 Å². The van der Waals surface area contributed by atoms with Gasteiger partial charge >= 0.3 is 11.9 Å². The fraction of sp³-hybridized carbons (Fsp3) is 0.583. The number of anilines is 1. The van der Waals surface area contributed by atoms with Crippen molar-refractivity contribution in [1.82, 2.24) is 4.98 Å². The van der Waals surface area contributed by atoms with Gasteiger partial charge < -0.3 is 10.1 Å². The molecule has 6 nitrogen and oxygen atoms in total. The first kappa shape index (κ1) is 15.5. The van der Waals surface area contributed by atoms with Gasteiger partial charge in [0.25, 0.3) is 0 Å². The summed E-state index contributed by atoms with van der Waals surface area (Å²) in [4.78, 5) is 13.2. The fourth-order valence-electron chi connectivity index (χ4n) is 2.15. The zero-order valence-corrected chi connectivity index (χ0v) is 11.2. The van der Waals surface area contributed by atoms with E-state index in [0.717, 1.165) is 12.8 Å². The minimum absolute atomic E-state index is 0.190. The first-order valence-corrected chi connectivity index (χ1v) is 6.31. The summed E-state index contributed by atoms with van der Waals surface area (Å²) in [5.41, 5.74) is -2.41. The molecule has 1 aliphatic heterocycles. The number of nitrogens with one attached hydrogen (secondary N) is 1. The van der Waals surface area contributed by atoms with Crippen LogP contribution in [0.25, 0.3) is 0 Å². The lowest BCUT2D eigenvalue weighted by Crippen LogP contribution is -2.32. The number of pyridine rings is 1. The normalized spacial score (nSPS) is 22.3. The number of alkyl halides is 3. The van der Waals surface area contributed by atoms with Crippen molar-refractivity contribution in [3.63, 3.8) is 0 Å². The Hall–Kier alpha value is -1.90. The molecule has 1 aromatic rings. The number of aromatic nitrogens is 1. The van der Waals surface area contributed by atoms with Crippen LogP contribution >= 0.6 is 0 Å². The van der Waals surface area contributed by atoms with Crippen LogP contribution in [0.2, 0.25) is 0 Å². The number of ether oxygens (including phenoxy) is 1. The molecule has 116 valence electrons. The second-order valence-corrected chi connectivity index (χ2v) is 5.10. The molecule has 0 aliphatic carbocycles. The molecule has 0 amide bonds. The number of hydrogen-bond acceptors (Lipinski definition) is 5. The van der Waals surface area contributed by atoms with Gasteiger partial charge in [-0.1, -0.05) is 0 Å². The summed E-state index contributed by atoms with van der Waals surface area (Å²) in [5, 5.41) is 13.6. The van der Waals surface area contributed by atoms with E-state index in [9.17, 15) is 23.3 Å². The van der Waals surface area contributed by atoms with Crippen molar-refractivity contribution in [1.29, 1.82) is 0 Å². The van der Waals surface area contributed by atoms with E-state index in [1.165, 1.54) is 0 Å². The largest absolute Gasteiger partial charge is 0.433 e. The van der Waals surface area contributed by atoms with Gasteiger partial charge in [0.1, 0.15) is 17.6 Å². The molecule has 0 aromatic carbocycles. The maximum atomic E-state index is 12.6. The average Bonchev–Trinajstić information content (AvgIpc) is 2.82. The van der Waals surface area contributed by atoms with Crippen LogP contribution in [-0.4, -0.2) is 28.7 Å². The summed E-state index contributed by atoms with van der Waals surface area (Å²) in [7, 11) is 0. The quantitative estimate of drug-likeness (QED) is 0.683. The lowest BCUT2D eigenvalue weighted by atomic mass is 10.0. The van der Waals surface area contributed by atoms with Gasteiger partial charge in [-0.15, -0.1) is 0 Å². The van der Waals surface area contributed by atoms with Gasteiger partial charge in [-0.05, 0) is 25.8 Å². The van der Waals surface area contributed by atoms with E-state index in [1.54, 1.807) is 0 Å². The molecule has 2 heterocycles. The Kier molecular flexibility index (Phi) is 4.04. The van der Waals surface area contributed by atoms with Crippen LogP contribution in [0.5, 0.6) is 0 Å². The topological polar surface area (TPSA) is 77.3 Å². The molecule has 2 rings (SSSR count). The number of halogens is 3. The maximum absolute atomic E-state index is 12.6. The predicted octanol–water partition coefficient (Wildman–Crippen LogP) is 2.99. The van der Waals surface area contributed by atoms with Gasteiger partial charge in [-0.3, -0.25) is 10.1 Å². The highest BCUT2D eigenvalue weighted by Crippen LogP contribution is 2.34. The minimum atomic E-state index is -4.65. The van der Waals surface area contributed by atoms with E-state index in [0.29, 0.717) is 18.9 Å². The minimum Gasteiger partial charge on any atom is -0.376 e. The third kappa shape index (κ3) is 3.60. The van der Waals surface area contributed by atoms with Crippen molar-refractivity contribution < 1.29 is 22.8 Å². The zero-order valence-electron chi connectivity index (χ0n) is 11.2. The number of rotatable bonds is 4. The summed E-state index contributed by atoms with van der Waals surface area (Å²) in [6, 6.07) is 0.649. The highest BCUT2D eigenvalue weighted by molar-refractivity contribution is 5.61. The van der Waals surface area contributed by atoms with Crippen LogP contribution in [-0.2, 0) is 10.9 Å². The van der Waals surface area contributed by atoms with E-state index in [2.05, 4.69) is 10.3 Å². The molecule has 0 radical (unpaired) electrons. The Morgan fingerprint density at radius 1 is 1.57 bits per heavy atom. The molecule has 1 saturated heterocycles. The highest BCUT2D eigenvalue weighted by Gasteiger charge is 2.35. The molecule has 0 bridgehead atoms. The molecule has 1 atom stereocenters. The van der Waals surface area contributed by atoms with Gasteiger partial charge in [-0.2, -0.15) is 13.2 Å². The average molecular weight is 305 g/mol. The molecule has 21 heavy (non-hydrogen) atoms. The van der Waals surface area contributed by atoms with Crippen LogP contribution in [0.3, 0.4) is 0 Å². The number of nitro groups is 1. The van der Waals surface area contributed by atoms with E-state index in [1.807, 2.05) is 6.92 Å². The van der Waals surface area contributed by atoms with Crippen molar-refractivity contribution in [2.45, 2.75) is 31.5 Å². The third-order valence-electron chi connectivity index (χ3n) is 3.32. The van der Waals surface area contributed by atoms with Gasteiger partial charge in [-0.25, -0.2) is 4.98 Å². The molecule has 1 aliphatic rings. The summed E-state index contributed by atoms with van der Waals surface area (Å²) < 4.78 is 43.4. The number of hydrogen-bond donors (Lipinski definition) is 1. The van der Waals surface area contributed by atoms with E-state index >= 15 is 0 Å². The van der Waals surface area contributed by atoms with Gasteiger partial charge in [0, 0.05) is 13.2 Å². The first-order chi connectivity index (χ1) is 9.71. The second kappa shape index (κ2) is 5.47. The Balaban J connectivity index is 2.24. The summed E-state index contributed by atoms with van der Waals surface area (Å²) in [5.74, 6) is 0. The lowest BCUT2D eigenvalue weighted by molar-refractivity contribution is -0.384. The van der Waals surface area contributed by atoms with Gasteiger partial charge in [0.05, 0.1) is 10.5 Å². The summed E-state index contributed by atoms with van der Waals surface area (Å²) in [6.45, 7) is 2.57. The lowest BCUT2D eigenvalue weighted by Gasteiger charge is -2.24. The Morgan fingerprint density at radius 2 is 2.29 bits per heavy atom. The third-order valence-corrected chi connectivity index (χ3v) is 3.32. The van der Waals surface area contributed by atoms with Crippen LogP contribution in [0.15, 0.2) is 12.3 Å². The van der Waals surface area contributed by atoms with Crippen LogP contribution < -0.4 is 5.32 Å². The van der Waals surface area contributed by atoms with E-state index in [-0.39, 0.29) is 12.2 Å². The SMILES string of the molecule is CC1(CNc2cc(C(F)(F)F)ncc2[N+](=O)[O-])CCCO1. The van der Waals surface area contributed by atoms with Gasteiger partial charge in [0.15, 0.2) is 0 Å². The number of nitrogens with zero attached hydrogens (tertiary/aromatic N) is 2.